The summed E-state index contributed by atoms with van der Waals surface area (Å²) in [4.78, 5) is 15.3. The number of nitrogens with one attached hydrogen (secondary N) is 1. The number of likely N-dealkylation sites (tertiary alicyclic amines) is 1. The fourth-order valence-electron chi connectivity index (χ4n) is 3.90. The highest BCUT2D eigenvalue weighted by Crippen LogP contribution is 2.22. The van der Waals surface area contributed by atoms with Crippen molar-refractivity contribution in [1.29, 1.82) is 0 Å². The largest absolute Gasteiger partial charge is 0.494 e. The average Bonchev–Trinajstić information content (AvgIpc) is 3.04. The van der Waals surface area contributed by atoms with Crippen LogP contribution in [0.4, 0.5) is 0 Å². The van der Waals surface area contributed by atoms with Gasteiger partial charge in [-0.15, -0.1) is 0 Å². The van der Waals surface area contributed by atoms with Crippen LogP contribution in [0.3, 0.4) is 0 Å². The molecule has 1 fully saturated rings. The van der Waals surface area contributed by atoms with Crippen molar-refractivity contribution in [2.24, 2.45) is 0 Å². The second-order valence-electron chi connectivity index (χ2n) is 7.96. The third-order valence-electron chi connectivity index (χ3n) is 5.55. The van der Waals surface area contributed by atoms with Gasteiger partial charge in [-0.2, -0.15) is 4.72 Å². The number of rotatable bonds is 8. The summed E-state index contributed by atoms with van der Waals surface area (Å²) in [6, 6.07) is 13.5. The standard InChI is InChI=1S/C24H32N2O4S/c1-3-30-23-14-13-21(17-19(23)2)31(28,29)25-22(18-20-11-7-6-8-12-20)24(27)26-15-9-4-5-10-16-26/h6-8,11-14,17,22,25H,3-5,9-10,15-16,18H2,1-2H3/t22-/m1/s1. The lowest BCUT2D eigenvalue weighted by atomic mass is 10.1. The molecule has 0 radical (unpaired) electrons. The average molecular weight is 445 g/mol. The molecule has 1 amide bonds. The molecule has 0 aromatic heterocycles. The summed E-state index contributed by atoms with van der Waals surface area (Å²) in [5.74, 6) is 0.500. The van der Waals surface area contributed by atoms with Crippen LogP contribution in [-0.2, 0) is 21.2 Å². The van der Waals surface area contributed by atoms with Crippen LogP contribution < -0.4 is 9.46 Å². The van der Waals surface area contributed by atoms with E-state index < -0.39 is 16.1 Å². The summed E-state index contributed by atoms with van der Waals surface area (Å²) in [7, 11) is -3.88. The molecule has 0 aliphatic carbocycles. The van der Waals surface area contributed by atoms with Gasteiger partial charge in [0.25, 0.3) is 0 Å². The van der Waals surface area contributed by atoms with Crippen molar-refractivity contribution in [2.45, 2.75) is 56.9 Å². The predicted molar refractivity (Wildman–Crippen MR) is 122 cm³/mol. The minimum atomic E-state index is -3.88. The fourth-order valence-corrected chi connectivity index (χ4v) is 5.18. The van der Waals surface area contributed by atoms with Crippen molar-refractivity contribution in [3.63, 3.8) is 0 Å². The summed E-state index contributed by atoms with van der Waals surface area (Å²) >= 11 is 0. The number of hydrogen-bond donors (Lipinski definition) is 1. The molecule has 1 saturated heterocycles. The van der Waals surface area contributed by atoms with Crippen molar-refractivity contribution >= 4 is 15.9 Å². The number of amides is 1. The first-order chi connectivity index (χ1) is 14.9. The van der Waals surface area contributed by atoms with Gasteiger partial charge in [0.1, 0.15) is 11.8 Å². The van der Waals surface area contributed by atoms with E-state index >= 15 is 0 Å². The van der Waals surface area contributed by atoms with Gasteiger partial charge in [-0.05, 0) is 62.4 Å². The van der Waals surface area contributed by atoms with E-state index in [0.29, 0.717) is 31.9 Å². The van der Waals surface area contributed by atoms with E-state index in [-0.39, 0.29) is 10.8 Å². The van der Waals surface area contributed by atoms with Gasteiger partial charge in [0.2, 0.25) is 15.9 Å². The van der Waals surface area contributed by atoms with Crippen LogP contribution in [0.2, 0.25) is 0 Å². The number of benzene rings is 2. The number of nitrogens with zero attached hydrogens (tertiary/aromatic N) is 1. The lowest BCUT2D eigenvalue weighted by Crippen LogP contribution is -2.49. The van der Waals surface area contributed by atoms with Crippen LogP contribution in [0.1, 0.15) is 43.7 Å². The van der Waals surface area contributed by atoms with Crippen molar-refractivity contribution < 1.29 is 17.9 Å². The SMILES string of the molecule is CCOc1ccc(S(=O)(=O)N[C@H](Cc2ccccc2)C(=O)N2CCCCCC2)cc1C. The lowest BCUT2D eigenvalue weighted by Gasteiger charge is -2.27. The highest BCUT2D eigenvalue weighted by Gasteiger charge is 2.30. The van der Waals surface area contributed by atoms with Crippen molar-refractivity contribution in [3.05, 3.63) is 59.7 Å². The van der Waals surface area contributed by atoms with Crippen molar-refractivity contribution in [2.75, 3.05) is 19.7 Å². The molecule has 0 bridgehead atoms. The topological polar surface area (TPSA) is 75.7 Å². The van der Waals surface area contributed by atoms with Gasteiger partial charge >= 0.3 is 0 Å². The Morgan fingerprint density at radius 3 is 2.35 bits per heavy atom. The first-order valence-electron chi connectivity index (χ1n) is 11.0. The Labute approximate surface area is 185 Å². The molecule has 1 heterocycles. The minimum Gasteiger partial charge on any atom is -0.494 e. The summed E-state index contributed by atoms with van der Waals surface area (Å²) in [6.45, 7) is 5.55. The Hall–Kier alpha value is -2.38. The van der Waals surface area contributed by atoms with Gasteiger partial charge in [-0.25, -0.2) is 8.42 Å². The van der Waals surface area contributed by atoms with Crippen LogP contribution >= 0.6 is 0 Å². The Morgan fingerprint density at radius 2 is 1.74 bits per heavy atom. The van der Waals surface area contributed by atoms with Gasteiger partial charge < -0.3 is 9.64 Å². The number of hydrogen-bond acceptors (Lipinski definition) is 4. The Kier molecular flexibility index (Phi) is 8.09. The molecule has 0 spiro atoms. The van der Waals surface area contributed by atoms with E-state index in [1.165, 1.54) is 6.07 Å². The Morgan fingerprint density at radius 1 is 1.06 bits per heavy atom. The first kappa shape index (κ1) is 23.3. The molecule has 1 aliphatic rings. The van der Waals surface area contributed by atoms with Gasteiger partial charge in [0.15, 0.2) is 0 Å². The van der Waals surface area contributed by atoms with Crippen LogP contribution in [0, 0.1) is 6.92 Å². The van der Waals surface area contributed by atoms with Gasteiger partial charge in [-0.3, -0.25) is 4.79 Å². The van der Waals surface area contributed by atoms with Gasteiger partial charge in [-0.1, -0.05) is 43.2 Å². The van der Waals surface area contributed by atoms with E-state index in [1.54, 1.807) is 12.1 Å². The molecule has 2 aromatic rings. The third kappa shape index (κ3) is 6.31. The molecule has 1 atom stereocenters. The summed E-state index contributed by atoms with van der Waals surface area (Å²) in [5.41, 5.74) is 1.66. The fraction of sp³-hybridized carbons (Fsp3) is 0.458. The number of carbonyl (C=O) groups excluding carboxylic acids is 1. The van der Waals surface area contributed by atoms with Crippen molar-refractivity contribution in [1.82, 2.24) is 9.62 Å². The Bertz CT molecular complexity index is 968. The number of carbonyl (C=O) groups is 1. The molecule has 0 saturated carbocycles. The van der Waals surface area contributed by atoms with Crippen LogP contribution in [0.15, 0.2) is 53.4 Å². The maximum absolute atomic E-state index is 13.3. The highest BCUT2D eigenvalue weighted by atomic mass is 32.2. The maximum Gasteiger partial charge on any atom is 0.241 e. The number of aryl methyl sites for hydroxylation is 1. The molecule has 7 heteroatoms. The molecule has 31 heavy (non-hydrogen) atoms. The van der Waals surface area contributed by atoms with Gasteiger partial charge in [0.05, 0.1) is 11.5 Å². The predicted octanol–water partition coefficient (Wildman–Crippen LogP) is 3.69. The zero-order chi connectivity index (χ0) is 22.3. The molecule has 6 nitrogen and oxygen atoms in total. The van der Waals surface area contributed by atoms with Crippen LogP contribution in [0.25, 0.3) is 0 Å². The van der Waals surface area contributed by atoms with E-state index in [4.69, 9.17) is 4.74 Å². The van der Waals surface area contributed by atoms with E-state index in [0.717, 1.165) is 36.8 Å². The maximum atomic E-state index is 13.3. The molecule has 3 rings (SSSR count). The second kappa shape index (κ2) is 10.8. The Balaban J connectivity index is 1.85. The third-order valence-corrected chi connectivity index (χ3v) is 7.02. The number of sulfonamides is 1. The van der Waals surface area contributed by atoms with E-state index in [2.05, 4.69) is 4.72 Å². The summed E-state index contributed by atoms with van der Waals surface area (Å²) < 4.78 is 34.6. The molecule has 168 valence electrons. The molecule has 1 N–H and O–H groups in total. The smallest absolute Gasteiger partial charge is 0.241 e. The zero-order valence-electron chi connectivity index (χ0n) is 18.3. The molecule has 0 unspecified atom stereocenters. The number of ether oxygens (including phenoxy) is 1. The van der Waals surface area contributed by atoms with E-state index in [9.17, 15) is 13.2 Å². The molecule has 1 aliphatic heterocycles. The quantitative estimate of drug-likeness (QED) is 0.674. The minimum absolute atomic E-state index is 0.134. The first-order valence-corrected chi connectivity index (χ1v) is 12.5. The normalized spacial score (nSPS) is 15.9. The van der Waals surface area contributed by atoms with E-state index in [1.807, 2.05) is 49.1 Å². The van der Waals surface area contributed by atoms with Crippen LogP contribution in [0.5, 0.6) is 5.75 Å². The lowest BCUT2D eigenvalue weighted by molar-refractivity contribution is -0.132. The van der Waals surface area contributed by atoms with Gasteiger partial charge in [0, 0.05) is 13.1 Å². The molecular weight excluding hydrogens is 412 g/mol. The summed E-state index contributed by atoms with van der Waals surface area (Å²) in [5, 5.41) is 0. The highest BCUT2D eigenvalue weighted by molar-refractivity contribution is 7.89. The second-order valence-corrected chi connectivity index (χ2v) is 9.68. The van der Waals surface area contributed by atoms with Crippen molar-refractivity contribution in [3.8, 4) is 5.75 Å². The van der Waals surface area contributed by atoms with Crippen LogP contribution in [-0.4, -0.2) is 45.0 Å². The zero-order valence-corrected chi connectivity index (χ0v) is 19.2. The summed E-state index contributed by atoms with van der Waals surface area (Å²) in [6.07, 6.45) is 4.42. The monoisotopic (exact) mass is 444 g/mol. The molecule has 2 aromatic carbocycles. The molecular formula is C24H32N2O4S.